The molecule has 13 heteroatoms. The SMILES string of the molecule is C[C@H](CCCNC(=O)OC(C)(C)C)N(CCCCCCNC(=O)OC(C)(C)C)S(=O)(=O)c1ccccc1[N+](=O)[O-]. The summed E-state index contributed by atoms with van der Waals surface area (Å²) in [4.78, 5) is 34.2. The Balaban J connectivity index is 2.79. The van der Waals surface area contributed by atoms with E-state index in [0.717, 1.165) is 6.42 Å². The number of unbranched alkanes of at least 4 members (excludes halogenated alkanes) is 3. The second-order valence-corrected chi connectivity index (χ2v) is 13.5. The van der Waals surface area contributed by atoms with Gasteiger partial charge >= 0.3 is 12.2 Å². The highest BCUT2D eigenvalue weighted by atomic mass is 32.2. The van der Waals surface area contributed by atoms with Crippen molar-refractivity contribution in [2.24, 2.45) is 0 Å². The molecule has 0 saturated carbocycles. The summed E-state index contributed by atoms with van der Waals surface area (Å²) in [5.74, 6) is 0. The van der Waals surface area contributed by atoms with E-state index >= 15 is 0 Å². The quantitative estimate of drug-likeness (QED) is 0.158. The van der Waals surface area contributed by atoms with Crippen LogP contribution in [0.5, 0.6) is 0 Å². The summed E-state index contributed by atoms with van der Waals surface area (Å²) in [6.45, 7) is 13.3. The number of sulfonamides is 1. The second-order valence-electron chi connectivity index (χ2n) is 11.6. The summed E-state index contributed by atoms with van der Waals surface area (Å²) < 4.78 is 39.0. The molecule has 0 aromatic heterocycles. The smallest absolute Gasteiger partial charge is 0.407 e. The number of nitrogens with zero attached hydrogens (tertiary/aromatic N) is 2. The van der Waals surface area contributed by atoms with E-state index in [4.69, 9.17) is 9.47 Å². The Morgan fingerprint density at radius 2 is 1.40 bits per heavy atom. The molecule has 0 aliphatic rings. The number of amides is 2. The van der Waals surface area contributed by atoms with E-state index in [2.05, 4.69) is 10.6 Å². The van der Waals surface area contributed by atoms with Gasteiger partial charge in [0.25, 0.3) is 5.69 Å². The molecule has 1 aromatic rings. The zero-order valence-corrected chi connectivity index (χ0v) is 25.6. The van der Waals surface area contributed by atoms with Crippen LogP contribution in [-0.4, -0.2) is 66.7 Å². The number of carbonyl (C=O) groups is 2. The molecule has 0 bridgehead atoms. The van der Waals surface area contributed by atoms with Crippen LogP contribution >= 0.6 is 0 Å². The van der Waals surface area contributed by atoms with Crippen molar-refractivity contribution in [1.82, 2.24) is 14.9 Å². The number of rotatable bonds is 15. The van der Waals surface area contributed by atoms with E-state index in [-0.39, 0.29) is 11.4 Å². The molecular formula is C27H46N4O8S. The van der Waals surface area contributed by atoms with Gasteiger partial charge in [-0.05, 0) is 80.2 Å². The maximum absolute atomic E-state index is 13.6. The van der Waals surface area contributed by atoms with E-state index in [9.17, 15) is 28.1 Å². The Kier molecular flexibility index (Phi) is 13.8. The predicted octanol–water partition coefficient (Wildman–Crippen LogP) is 5.36. The van der Waals surface area contributed by atoms with Crippen molar-refractivity contribution in [2.45, 2.75) is 109 Å². The fourth-order valence-electron chi connectivity index (χ4n) is 3.83. The van der Waals surface area contributed by atoms with Crippen molar-refractivity contribution >= 4 is 27.9 Å². The molecule has 1 atom stereocenters. The molecule has 12 nitrogen and oxygen atoms in total. The third kappa shape index (κ3) is 13.4. The van der Waals surface area contributed by atoms with Gasteiger partial charge in [0.15, 0.2) is 4.90 Å². The van der Waals surface area contributed by atoms with E-state index in [1.54, 1.807) is 48.5 Å². The number of nitro groups is 1. The predicted molar refractivity (Wildman–Crippen MR) is 153 cm³/mol. The minimum absolute atomic E-state index is 0.175. The van der Waals surface area contributed by atoms with Gasteiger partial charge in [-0.25, -0.2) is 18.0 Å². The van der Waals surface area contributed by atoms with Gasteiger partial charge in [-0.1, -0.05) is 25.0 Å². The highest BCUT2D eigenvalue weighted by molar-refractivity contribution is 7.89. The molecule has 0 aliphatic carbocycles. The largest absolute Gasteiger partial charge is 0.444 e. The third-order valence-corrected chi connectivity index (χ3v) is 7.64. The lowest BCUT2D eigenvalue weighted by Crippen LogP contribution is -2.40. The number of benzene rings is 1. The zero-order chi connectivity index (χ0) is 30.6. The number of nitrogens with one attached hydrogen (secondary N) is 2. The molecule has 2 amide bonds. The summed E-state index contributed by atoms with van der Waals surface area (Å²) >= 11 is 0. The first kappa shape index (κ1) is 35.1. The highest BCUT2D eigenvalue weighted by Gasteiger charge is 2.34. The van der Waals surface area contributed by atoms with Crippen LogP contribution in [0.4, 0.5) is 15.3 Å². The third-order valence-electron chi connectivity index (χ3n) is 5.58. The maximum atomic E-state index is 13.6. The van der Waals surface area contributed by atoms with Crippen LogP contribution in [0, 0.1) is 10.1 Å². The van der Waals surface area contributed by atoms with Crippen molar-refractivity contribution in [3.05, 3.63) is 34.4 Å². The molecule has 0 aliphatic heterocycles. The van der Waals surface area contributed by atoms with Crippen LogP contribution in [0.15, 0.2) is 29.2 Å². The van der Waals surface area contributed by atoms with Crippen molar-refractivity contribution in [2.75, 3.05) is 19.6 Å². The van der Waals surface area contributed by atoms with E-state index < -0.39 is 50.1 Å². The number of hydrogen-bond acceptors (Lipinski definition) is 8. The Bertz CT molecular complexity index is 1080. The molecule has 1 rings (SSSR count). The molecule has 228 valence electrons. The highest BCUT2D eigenvalue weighted by Crippen LogP contribution is 2.28. The van der Waals surface area contributed by atoms with Crippen LogP contribution in [0.3, 0.4) is 0 Å². The lowest BCUT2D eigenvalue weighted by Gasteiger charge is -2.28. The number of alkyl carbamates (subject to hydrolysis) is 2. The molecule has 0 heterocycles. The van der Waals surface area contributed by atoms with Crippen LogP contribution in [0.2, 0.25) is 0 Å². The number of hydrogen-bond donors (Lipinski definition) is 2. The standard InChI is InChI=1S/C27H46N4O8S/c1-21(15-14-19-29-25(33)39-27(5,6)7)30(40(36,37)23-17-11-10-16-22(23)31(34)35)20-13-9-8-12-18-28-24(32)38-26(2,3)4/h10-11,16-17,21H,8-9,12-15,18-20H2,1-7H3,(H,28,32)(H,29,33)/t21-/m1/s1. The minimum Gasteiger partial charge on any atom is -0.444 e. The van der Waals surface area contributed by atoms with Crippen LogP contribution in [0.25, 0.3) is 0 Å². The lowest BCUT2D eigenvalue weighted by atomic mass is 10.1. The molecule has 2 N–H and O–H groups in total. The number of carbonyl (C=O) groups excluding carboxylic acids is 2. The number of para-hydroxylation sites is 1. The van der Waals surface area contributed by atoms with E-state index in [1.807, 2.05) is 0 Å². The fraction of sp³-hybridized carbons (Fsp3) is 0.704. The van der Waals surface area contributed by atoms with E-state index in [1.165, 1.54) is 28.6 Å². The number of nitro benzene ring substituents is 1. The first-order chi connectivity index (χ1) is 18.4. The lowest BCUT2D eigenvalue weighted by molar-refractivity contribution is -0.387. The van der Waals surface area contributed by atoms with Gasteiger partial charge in [0, 0.05) is 31.7 Å². The minimum atomic E-state index is -4.17. The van der Waals surface area contributed by atoms with Crippen molar-refractivity contribution in [3.63, 3.8) is 0 Å². The molecule has 0 radical (unpaired) electrons. The van der Waals surface area contributed by atoms with Crippen molar-refractivity contribution in [3.8, 4) is 0 Å². The topological polar surface area (TPSA) is 157 Å². The Hall–Kier alpha value is -2.93. The van der Waals surface area contributed by atoms with Crippen molar-refractivity contribution in [1.29, 1.82) is 0 Å². The molecule has 0 saturated heterocycles. The van der Waals surface area contributed by atoms with Gasteiger partial charge in [0.1, 0.15) is 11.2 Å². The molecule has 0 unspecified atom stereocenters. The normalized spacial score (nSPS) is 13.0. The van der Waals surface area contributed by atoms with Gasteiger partial charge < -0.3 is 20.1 Å². The van der Waals surface area contributed by atoms with Crippen molar-refractivity contribution < 1.29 is 32.4 Å². The first-order valence-electron chi connectivity index (χ1n) is 13.6. The average molecular weight is 587 g/mol. The zero-order valence-electron chi connectivity index (χ0n) is 24.8. The monoisotopic (exact) mass is 586 g/mol. The molecule has 0 spiro atoms. The fourth-order valence-corrected chi connectivity index (χ4v) is 5.69. The Morgan fingerprint density at radius 1 is 0.900 bits per heavy atom. The summed E-state index contributed by atoms with van der Waals surface area (Å²) in [5, 5.41) is 16.9. The van der Waals surface area contributed by atoms with Crippen LogP contribution in [-0.2, 0) is 19.5 Å². The summed E-state index contributed by atoms with van der Waals surface area (Å²) in [5.41, 5.74) is -1.67. The van der Waals surface area contributed by atoms with Gasteiger partial charge in [0.2, 0.25) is 10.0 Å². The Labute approximate surface area is 238 Å². The van der Waals surface area contributed by atoms with Crippen LogP contribution < -0.4 is 10.6 Å². The molecule has 40 heavy (non-hydrogen) atoms. The average Bonchev–Trinajstić information content (AvgIpc) is 2.81. The summed E-state index contributed by atoms with van der Waals surface area (Å²) in [7, 11) is -4.17. The molecule has 1 aromatic carbocycles. The molecular weight excluding hydrogens is 540 g/mol. The van der Waals surface area contributed by atoms with Gasteiger partial charge in [-0.3, -0.25) is 10.1 Å². The van der Waals surface area contributed by atoms with Crippen LogP contribution in [0.1, 0.15) is 87.0 Å². The summed E-state index contributed by atoms with van der Waals surface area (Å²) in [6, 6.07) is 4.85. The first-order valence-corrected chi connectivity index (χ1v) is 15.1. The summed E-state index contributed by atoms with van der Waals surface area (Å²) in [6.07, 6.45) is 2.56. The van der Waals surface area contributed by atoms with E-state index in [0.29, 0.717) is 45.2 Å². The van der Waals surface area contributed by atoms with Gasteiger partial charge in [0.05, 0.1) is 4.92 Å². The number of ether oxygens (including phenoxy) is 2. The molecule has 0 fully saturated rings. The Morgan fingerprint density at radius 3 is 1.93 bits per heavy atom. The van der Waals surface area contributed by atoms with Gasteiger partial charge in [-0.15, -0.1) is 0 Å². The second kappa shape index (κ2) is 15.8. The maximum Gasteiger partial charge on any atom is 0.407 e. The van der Waals surface area contributed by atoms with Gasteiger partial charge in [-0.2, -0.15) is 4.31 Å².